The maximum absolute atomic E-state index is 12.2. The second kappa shape index (κ2) is 7.62. The number of tetrazole rings is 1. The van der Waals surface area contributed by atoms with Gasteiger partial charge in [-0.05, 0) is 52.9 Å². The number of benzene rings is 2. The molecule has 0 saturated carbocycles. The average molecular weight is 387 g/mol. The first-order chi connectivity index (χ1) is 12.0. The summed E-state index contributed by atoms with van der Waals surface area (Å²) in [6, 6.07) is 10.7. The Bertz CT molecular complexity index is 859. The Labute approximate surface area is 150 Å². The summed E-state index contributed by atoms with van der Waals surface area (Å²) in [4.78, 5) is 0. The molecule has 3 rings (SSSR count). The molecule has 10 heteroatoms. The highest BCUT2D eigenvalue weighted by Gasteiger charge is 2.11. The highest BCUT2D eigenvalue weighted by molar-refractivity contribution is 6.35. The van der Waals surface area contributed by atoms with Gasteiger partial charge in [0.15, 0.2) is 5.82 Å². The molecule has 0 bridgehead atoms. The lowest BCUT2D eigenvalue weighted by molar-refractivity contribution is -0.0498. The van der Waals surface area contributed by atoms with Gasteiger partial charge >= 0.3 is 6.61 Å². The number of hydrogen-bond donors (Lipinski definition) is 0. The summed E-state index contributed by atoms with van der Waals surface area (Å²) in [6.45, 7) is -2.84. The molecule has 0 fully saturated rings. The number of rotatable bonds is 6. The number of halogens is 4. The Hall–Kier alpha value is -2.45. The molecule has 0 unspecified atom stereocenters. The van der Waals surface area contributed by atoms with Crippen LogP contribution in [-0.4, -0.2) is 26.8 Å². The van der Waals surface area contributed by atoms with Crippen LogP contribution in [0.3, 0.4) is 0 Å². The second-order valence-electron chi connectivity index (χ2n) is 4.74. The van der Waals surface area contributed by atoms with Crippen molar-refractivity contribution in [3.63, 3.8) is 0 Å². The van der Waals surface area contributed by atoms with E-state index < -0.39 is 6.61 Å². The van der Waals surface area contributed by atoms with Gasteiger partial charge in [-0.3, -0.25) is 0 Å². The molecule has 0 radical (unpaired) electrons. The molecule has 0 N–H and O–H groups in total. The predicted molar refractivity (Wildman–Crippen MR) is 86.6 cm³/mol. The van der Waals surface area contributed by atoms with Crippen molar-refractivity contribution in [3.05, 3.63) is 58.3 Å². The third-order valence-corrected chi connectivity index (χ3v) is 3.62. The van der Waals surface area contributed by atoms with Gasteiger partial charge < -0.3 is 9.47 Å². The van der Waals surface area contributed by atoms with E-state index in [0.29, 0.717) is 27.3 Å². The topological polar surface area (TPSA) is 62.1 Å². The van der Waals surface area contributed by atoms with Crippen LogP contribution in [0, 0.1) is 0 Å². The number of aromatic nitrogens is 4. The number of nitrogens with zero attached hydrogens (tertiary/aromatic N) is 4. The Kier molecular flexibility index (Phi) is 5.30. The quantitative estimate of drug-likeness (QED) is 0.636. The first-order valence-electron chi connectivity index (χ1n) is 6.93. The largest absolute Gasteiger partial charge is 0.484 e. The monoisotopic (exact) mass is 386 g/mol. The van der Waals surface area contributed by atoms with Crippen molar-refractivity contribution in [2.24, 2.45) is 0 Å². The zero-order chi connectivity index (χ0) is 17.8. The predicted octanol–water partition coefficient (Wildman–Crippen LogP) is 4.15. The third-order valence-electron chi connectivity index (χ3n) is 3.09. The number of alkyl halides is 2. The van der Waals surface area contributed by atoms with Gasteiger partial charge in [-0.2, -0.15) is 13.5 Å². The van der Waals surface area contributed by atoms with Crippen LogP contribution >= 0.6 is 23.2 Å². The lowest BCUT2D eigenvalue weighted by Crippen LogP contribution is -2.07. The van der Waals surface area contributed by atoms with Gasteiger partial charge in [0.1, 0.15) is 18.1 Å². The molecule has 0 aliphatic rings. The Morgan fingerprint density at radius 2 is 1.84 bits per heavy atom. The van der Waals surface area contributed by atoms with Crippen molar-refractivity contribution in [2.45, 2.75) is 13.2 Å². The van der Waals surface area contributed by atoms with Crippen molar-refractivity contribution < 1.29 is 18.3 Å². The van der Waals surface area contributed by atoms with Gasteiger partial charge in [0, 0.05) is 5.02 Å². The van der Waals surface area contributed by atoms with Gasteiger partial charge in [0.05, 0.1) is 10.7 Å². The maximum Gasteiger partial charge on any atom is 0.387 e. The van der Waals surface area contributed by atoms with Crippen LogP contribution in [0.15, 0.2) is 42.5 Å². The number of ether oxygens (including phenoxy) is 2. The van der Waals surface area contributed by atoms with E-state index in [-0.39, 0.29) is 12.4 Å². The SMILES string of the molecule is FC(F)Oc1ccc(-n2nnnc2COc2ccc(Cl)cc2Cl)cc1. The fourth-order valence-corrected chi connectivity index (χ4v) is 2.46. The zero-order valence-electron chi connectivity index (χ0n) is 12.4. The minimum atomic E-state index is -2.88. The first kappa shape index (κ1) is 17.4. The molecule has 0 aliphatic carbocycles. The first-order valence-corrected chi connectivity index (χ1v) is 7.69. The van der Waals surface area contributed by atoms with E-state index >= 15 is 0 Å². The highest BCUT2D eigenvalue weighted by atomic mass is 35.5. The van der Waals surface area contributed by atoms with Crippen molar-refractivity contribution in [1.82, 2.24) is 20.2 Å². The molecule has 2 aromatic carbocycles. The molecular formula is C15H10Cl2F2N4O2. The maximum atomic E-state index is 12.2. The van der Waals surface area contributed by atoms with Crippen LogP contribution in [0.2, 0.25) is 10.0 Å². The van der Waals surface area contributed by atoms with Gasteiger partial charge in [-0.1, -0.05) is 23.2 Å². The van der Waals surface area contributed by atoms with Crippen molar-refractivity contribution in [3.8, 4) is 17.2 Å². The van der Waals surface area contributed by atoms with Crippen molar-refractivity contribution in [1.29, 1.82) is 0 Å². The molecule has 0 amide bonds. The van der Waals surface area contributed by atoms with Crippen LogP contribution in [0.1, 0.15) is 5.82 Å². The molecule has 0 saturated heterocycles. The van der Waals surface area contributed by atoms with E-state index in [1.807, 2.05) is 0 Å². The van der Waals surface area contributed by atoms with Crippen LogP contribution in [-0.2, 0) is 6.61 Å². The summed E-state index contributed by atoms with van der Waals surface area (Å²) in [6.07, 6.45) is 0. The molecule has 6 nitrogen and oxygen atoms in total. The minimum Gasteiger partial charge on any atom is -0.484 e. The summed E-state index contributed by atoms with van der Waals surface area (Å²) >= 11 is 11.9. The van der Waals surface area contributed by atoms with E-state index in [4.69, 9.17) is 27.9 Å². The van der Waals surface area contributed by atoms with Crippen molar-refractivity contribution in [2.75, 3.05) is 0 Å². The Balaban J connectivity index is 1.74. The lowest BCUT2D eigenvalue weighted by atomic mass is 10.3. The average Bonchev–Trinajstić information content (AvgIpc) is 3.03. The Morgan fingerprint density at radius 1 is 1.08 bits per heavy atom. The highest BCUT2D eigenvalue weighted by Crippen LogP contribution is 2.28. The minimum absolute atomic E-state index is 0.0394. The van der Waals surface area contributed by atoms with Crippen molar-refractivity contribution >= 4 is 23.2 Å². The van der Waals surface area contributed by atoms with E-state index in [1.165, 1.54) is 16.8 Å². The lowest BCUT2D eigenvalue weighted by Gasteiger charge is -2.09. The summed E-state index contributed by atoms with van der Waals surface area (Å²) in [7, 11) is 0. The summed E-state index contributed by atoms with van der Waals surface area (Å²) in [5, 5.41) is 12.2. The van der Waals surface area contributed by atoms with Crippen LogP contribution < -0.4 is 9.47 Å². The molecule has 1 aromatic heterocycles. The van der Waals surface area contributed by atoms with Crippen LogP contribution in [0.4, 0.5) is 8.78 Å². The molecule has 0 spiro atoms. The standard InChI is InChI=1S/C15H10Cl2F2N4O2/c16-9-1-6-13(12(17)7-9)24-8-14-20-21-22-23(14)10-2-4-11(5-3-10)25-15(18)19/h1-7,15H,8H2. The van der Waals surface area contributed by atoms with E-state index in [2.05, 4.69) is 20.3 Å². The number of hydrogen-bond acceptors (Lipinski definition) is 5. The van der Waals surface area contributed by atoms with E-state index in [1.54, 1.807) is 30.3 Å². The normalized spacial score (nSPS) is 10.9. The molecule has 0 aliphatic heterocycles. The molecule has 0 atom stereocenters. The molecule has 3 aromatic rings. The van der Waals surface area contributed by atoms with Crippen LogP contribution in [0.25, 0.3) is 5.69 Å². The van der Waals surface area contributed by atoms with Gasteiger partial charge in [-0.15, -0.1) is 5.10 Å². The second-order valence-corrected chi connectivity index (χ2v) is 5.59. The molecular weight excluding hydrogens is 377 g/mol. The summed E-state index contributed by atoms with van der Waals surface area (Å²) in [5.74, 6) is 0.868. The van der Waals surface area contributed by atoms with Crippen LogP contribution in [0.5, 0.6) is 11.5 Å². The Morgan fingerprint density at radius 3 is 2.52 bits per heavy atom. The van der Waals surface area contributed by atoms with E-state index in [0.717, 1.165) is 0 Å². The zero-order valence-corrected chi connectivity index (χ0v) is 14.0. The van der Waals surface area contributed by atoms with Gasteiger partial charge in [0.25, 0.3) is 0 Å². The van der Waals surface area contributed by atoms with E-state index in [9.17, 15) is 8.78 Å². The van der Waals surface area contributed by atoms with Gasteiger partial charge in [0.2, 0.25) is 0 Å². The third kappa shape index (κ3) is 4.34. The molecule has 1 heterocycles. The summed E-state index contributed by atoms with van der Waals surface area (Å²) in [5.41, 5.74) is 0.562. The molecule has 130 valence electrons. The van der Waals surface area contributed by atoms with Gasteiger partial charge in [-0.25, -0.2) is 0 Å². The summed E-state index contributed by atoms with van der Waals surface area (Å²) < 4.78 is 35.7. The smallest absolute Gasteiger partial charge is 0.387 e. The molecule has 25 heavy (non-hydrogen) atoms. The fraction of sp³-hybridized carbons (Fsp3) is 0.133. The fourth-order valence-electron chi connectivity index (χ4n) is 2.00.